The third-order valence-corrected chi connectivity index (χ3v) is 2.84. The Labute approximate surface area is 110 Å². The maximum absolute atomic E-state index is 11.9. The second-order valence-electron chi connectivity index (χ2n) is 4.16. The van der Waals surface area contributed by atoms with E-state index in [0.29, 0.717) is 19.6 Å². The molecule has 3 nitrogen and oxygen atoms in total. The predicted molar refractivity (Wildman–Crippen MR) is 73.6 cm³/mol. The minimum Gasteiger partial charge on any atom is -0.378 e. The fourth-order valence-corrected chi connectivity index (χ4v) is 1.81. The molecule has 1 aliphatic rings. The maximum atomic E-state index is 11.9. The van der Waals surface area contributed by atoms with E-state index in [-0.39, 0.29) is 5.91 Å². The molecule has 1 aromatic rings. The van der Waals surface area contributed by atoms with Crippen LogP contribution in [0.4, 0.5) is 0 Å². The highest BCUT2D eigenvalue weighted by Crippen LogP contribution is 2.07. The summed E-state index contributed by atoms with van der Waals surface area (Å²) in [7, 11) is 0. The van der Waals surface area contributed by atoms with E-state index in [1.54, 1.807) is 0 Å². The van der Waals surface area contributed by atoms with Gasteiger partial charge in [0.05, 0.1) is 19.6 Å². The van der Waals surface area contributed by atoms with Gasteiger partial charge in [-0.2, -0.15) is 0 Å². The summed E-state index contributed by atoms with van der Waals surface area (Å²) in [6, 6.07) is 8.13. The summed E-state index contributed by atoms with van der Waals surface area (Å²) in [4.78, 5) is 13.8. The lowest BCUT2D eigenvalue weighted by Crippen LogP contribution is -2.41. The lowest BCUT2D eigenvalue weighted by molar-refractivity contribution is -0.134. The average molecular weight is 249 g/mol. The van der Waals surface area contributed by atoms with E-state index < -0.39 is 0 Å². The van der Waals surface area contributed by atoms with Crippen molar-refractivity contribution in [3.05, 3.63) is 35.4 Å². The normalized spacial score (nSPS) is 14.7. The largest absolute Gasteiger partial charge is 0.378 e. The number of nitrogens with zero attached hydrogens (tertiary/aromatic N) is 1. The molecule has 0 aromatic heterocycles. The fourth-order valence-electron chi connectivity index (χ4n) is 1.81. The number of rotatable bonds is 2. The van der Waals surface area contributed by atoms with Crippen LogP contribution in [0.5, 0.6) is 0 Å². The van der Waals surface area contributed by atoms with Crippen molar-refractivity contribution in [2.75, 3.05) is 26.3 Å². The number of amides is 1. The molecule has 2 rings (SSSR count). The van der Waals surface area contributed by atoms with Crippen LogP contribution in [0.1, 0.15) is 25.0 Å². The van der Waals surface area contributed by atoms with Gasteiger partial charge in [-0.25, -0.2) is 0 Å². The molecule has 1 amide bonds. The number of hydrogen-bond donors (Lipinski definition) is 0. The van der Waals surface area contributed by atoms with Crippen LogP contribution < -0.4 is 0 Å². The molecule has 1 aromatic carbocycles. The zero-order chi connectivity index (χ0) is 13.4. The minimum absolute atomic E-state index is 0.201. The van der Waals surface area contributed by atoms with Crippen molar-refractivity contribution in [3.63, 3.8) is 0 Å². The van der Waals surface area contributed by atoms with Crippen molar-refractivity contribution in [1.29, 1.82) is 0 Å². The Kier molecular flexibility index (Phi) is 6.44. The summed E-state index contributed by atoms with van der Waals surface area (Å²) in [5, 5.41) is 0. The Balaban J connectivity index is 0.000000771. The van der Waals surface area contributed by atoms with Crippen LogP contribution in [0.2, 0.25) is 0 Å². The molecule has 0 atom stereocenters. The third kappa shape index (κ3) is 4.49. The van der Waals surface area contributed by atoms with Gasteiger partial charge < -0.3 is 9.64 Å². The monoisotopic (exact) mass is 249 g/mol. The first-order chi connectivity index (χ1) is 8.75. The van der Waals surface area contributed by atoms with Crippen molar-refractivity contribution in [3.8, 4) is 0 Å². The summed E-state index contributed by atoms with van der Waals surface area (Å²) in [6.45, 7) is 8.84. The molecular formula is C15H23NO2. The number of ether oxygens (including phenoxy) is 1. The van der Waals surface area contributed by atoms with Gasteiger partial charge in [0.1, 0.15) is 0 Å². The topological polar surface area (TPSA) is 29.5 Å². The quantitative estimate of drug-likeness (QED) is 0.805. The van der Waals surface area contributed by atoms with Crippen molar-refractivity contribution < 1.29 is 9.53 Å². The zero-order valence-electron chi connectivity index (χ0n) is 11.6. The smallest absolute Gasteiger partial charge is 0.227 e. The highest BCUT2D eigenvalue weighted by atomic mass is 16.5. The number of hydrogen-bond acceptors (Lipinski definition) is 2. The second-order valence-corrected chi connectivity index (χ2v) is 4.16. The fraction of sp³-hybridized carbons (Fsp3) is 0.533. The van der Waals surface area contributed by atoms with Gasteiger partial charge in [0.15, 0.2) is 0 Å². The second kappa shape index (κ2) is 7.88. The van der Waals surface area contributed by atoms with E-state index in [1.807, 2.05) is 49.9 Å². The van der Waals surface area contributed by atoms with Crippen LogP contribution in [0, 0.1) is 6.92 Å². The van der Waals surface area contributed by atoms with Crippen LogP contribution in [-0.2, 0) is 16.0 Å². The first-order valence-corrected chi connectivity index (χ1v) is 6.67. The van der Waals surface area contributed by atoms with Crippen molar-refractivity contribution in [2.24, 2.45) is 0 Å². The van der Waals surface area contributed by atoms with Gasteiger partial charge in [0, 0.05) is 13.1 Å². The van der Waals surface area contributed by atoms with E-state index in [2.05, 4.69) is 0 Å². The van der Waals surface area contributed by atoms with Crippen LogP contribution in [0.25, 0.3) is 0 Å². The van der Waals surface area contributed by atoms with Gasteiger partial charge in [-0.15, -0.1) is 0 Å². The van der Waals surface area contributed by atoms with Crippen molar-refractivity contribution in [1.82, 2.24) is 4.90 Å². The molecule has 1 heterocycles. The summed E-state index contributed by atoms with van der Waals surface area (Å²) >= 11 is 0. The van der Waals surface area contributed by atoms with E-state index in [0.717, 1.165) is 18.7 Å². The van der Waals surface area contributed by atoms with Crippen LogP contribution in [-0.4, -0.2) is 37.1 Å². The molecule has 0 bridgehead atoms. The third-order valence-electron chi connectivity index (χ3n) is 2.84. The molecule has 0 unspecified atom stereocenters. The lowest BCUT2D eigenvalue weighted by atomic mass is 10.1. The highest BCUT2D eigenvalue weighted by Gasteiger charge is 2.16. The Hall–Kier alpha value is -1.35. The molecule has 3 heteroatoms. The predicted octanol–water partition coefficient (Wildman–Crippen LogP) is 2.42. The summed E-state index contributed by atoms with van der Waals surface area (Å²) in [6.07, 6.45) is 0.500. The molecule has 1 aliphatic heterocycles. The van der Waals surface area contributed by atoms with Gasteiger partial charge >= 0.3 is 0 Å². The Morgan fingerprint density at radius 1 is 1.17 bits per heavy atom. The number of morpholine rings is 1. The highest BCUT2D eigenvalue weighted by molar-refractivity contribution is 5.78. The molecule has 0 N–H and O–H groups in total. The first-order valence-electron chi connectivity index (χ1n) is 6.67. The minimum atomic E-state index is 0.201. The van der Waals surface area contributed by atoms with E-state index in [1.165, 1.54) is 5.56 Å². The SMILES string of the molecule is CC.Cc1ccc(CC(=O)N2CCOCC2)cc1. The Morgan fingerprint density at radius 3 is 2.28 bits per heavy atom. The summed E-state index contributed by atoms with van der Waals surface area (Å²) in [5.41, 5.74) is 2.31. The number of carbonyl (C=O) groups is 1. The van der Waals surface area contributed by atoms with E-state index in [9.17, 15) is 4.79 Å². The zero-order valence-corrected chi connectivity index (χ0v) is 11.6. The summed E-state index contributed by atoms with van der Waals surface area (Å²) in [5.74, 6) is 0.201. The van der Waals surface area contributed by atoms with Crippen LogP contribution >= 0.6 is 0 Å². The van der Waals surface area contributed by atoms with Gasteiger partial charge in [-0.05, 0) is 12.5 Å². The Bertz CT molecular complexity index is 353. The van der Waals surface area contributed by atoms with E-state index in [4.69, 9.17) is 4.74 Å². The molecule has 1 fully saturated rings. The maximum Gasteiger partial charge on any atom is 0.227 e. The van der Waals surface area contributed by atoms with Crippen LogP contribution in [0.15, 0.2) is 24.3 Å². The first kappa shape index (κ1) is 14.7. The van der Waals surface area contributed by atoms with Crippen molar-refractivity contribution >= 4 is 5.91 Å². The van der Waals surface area contributed by atoms with Gasteiger partial charge in [-0.1, -0.05) is 43.7 Å². The molecule has 100 valence electrons. The Morgan fingerprint density at radius 2 is 1.72 bits per heavy atom. The number of aryl methyl sites for hydroxylation is 1. The summed E-state index contributed by atoms with van der Waals surface area (Å²) < 4.78 is 5.22. The van der Waals surface area contributed by atoms with Gasteiger partial charge in [0.25, 0.3) is 0 Å². The molecular weight excluding hydrogens is 226 g/mol. The standard InChI is InChI=1S/C13H17NO2.C2H6/c1-11-2-4-12(5-3-11)10-13(15)14-6-8-16-9-7-14;1-2/h2-5H,6-10H2,1H3;1-2H3. The van der Waals surface area contributed by atoms with Crippen molar-refractivity contribution in [2.45, 2.75) is 27.2 Å². The van der Waals surface area contributed by atoms with Gasteiger partial charge in [0.2, 0.25) is 5.91 Å². The van der Waals surface area contributed by atoms with Gasteiger partial charge in [-0.3, -0.25) is 4.79 Å². The average Bonchev–Trinajstić information content (AvgIpc) is 2.44. The number of carbonyl (C=O) groups excluding carboxylic acids is 1. The van der Waals surface area contributed by atoms with Crippen LogP contribution in [0.3, 0.4) is 0 Å². The lowest BCUT2D eigenvalue weighted by Gasteiger charge is -2.26. The van der Waals surface area contributed by atoms with E-state index >= 15 is 0 Å². The molecule has 0 radical (unpaired) electrons. The number of benzene rings is 1. The molecule has 1 saturated heterocycles. The molecule has 18 heavy (non-hydrogen) atoms. The molecule has 0 spiro atoms. The molecule has 0 aliphatic carbocycles. The molecule has 0 saturated carbocycles.